The van der Waals surface area contributed by atoms with Crippen LogP contribution in [0, 0.1) is 0 Å². The predicted octanol–water partition coefficient (Wildman–Crippen LogP) is 0.548. The molecule has 0 spiro atoms. The third kappa shape index (κ3) is 2.60. The van der Waals surface area contributed by atoms with E-state index in [0.29, 0.717) is 5.56 Å². The van der Waals surface area contributed by atoms with Crippen molar-refractivity contribution in [1.29, 1.82) is 0 Å². The molecule has 0 fully saturated rings. The summed E-state index contributed by atoms with van der Waals surface area (Å²) < 4.78 is 1.19. The number of phenolic OH excluding ortho intramolecular Hbond substituents is 1. The Bertz CT molecular complexity index is 678. The molecule has 1 aromatic heterocycles. The molecule has 0 aliphatic carbocycles. The SMILES string of the molecule is O=c1c(Cc2ccccc2O)cn(CCO)c(O)c1O. The minimum absolute atomic E-state index is 0.0491. The lowest BCUT2D eigenvalue weighted by molar-refractivity contribution is 0.261. The zero-order valence-electron chi connectivity index (χ0n) is 10.7. The second-order valence-electron chi connectivity index (χ2n) is 4.38. The normalized spacial score (nSPS) is 10.7. The lowest BCUT2D eigenvalue weighted by Gasteiger charge is -2.12. The molecule has 0 atom stereocenters. The standard InChI is InChI=1S/C14H15NO5/c16-6-5-15-8-10(12(18)13(19)14(15)20)7-9-3-1-2-4-11(9)17/h1-4,8,16-17,19-20H,5-7H2. The number of aliphatic hydroxyl groups excluding tert-OH is 1. The van der Waals surface area contributed by atoms with Crippen LogP contribution in [0.1, 0.15) is 11.1 Å². The monoisotopic (exact) mass is 277 g/mol. The highest BCUT2D eigenvalue weighted by Crippen LogP contribution is 2.23. The fourth-order valence-corrected chi connectivity index (χ4v) is 1.97. The Morgan fingerprint density at radius 1 is 1.05 bits per heavy atom. The van der Waals surface area contributed by atoms with Gasteiger partial charge in [0.2, 0.25) is 17.1 Å². The van der Waals surface area contributed by atoms with Crippen LogP contribution in [0.4, 0.5) is 0 Å². The van der Waals surface area contributed by atoms with Crippen LogP contribution < -0.4 is 5.43 Å². The van der Waals surface area contributed by atoms with Crippen LogP contribution >= 0.6 is 0 Å². The first kappa shape index (κ1) is 14.0. The molecular formula is C14H15NO5. The summed E-state index contributed by atoms with van der Waals surface area (Å²) in [6.07, 6.45) is 1.48. The molecule has 0 bridgehead atoms. The zero-order chi connectivity index (χ0) is 14.7. The molecule has 0 aliphatic heterocycles. The largest absolute Gasteiger partial charge is 0.508 e. The summed E-state index contributed by atoms with van der Waals surface area (Å²) in [6, 6.07) is 6.55. The fraction of sp³-hybridized carbons (Fsp3) is 0.214. The van der Waals surface area contributed by atoms with Crippen molar-refractivity contribution in [2.24, 2.45) is 0 Å². The molecular weight excluding hydrogens is 262 g/mol. The van der Waals surface area contributed by atoms with Gasteiger partial charge in [-0.1, -0.05) is 18.2 Å². The number of aliphatic hydroxyl groups is 1. The maximum absolute atomic E-state index is 11.9. The number of hydrogen-bond donors (Lipinski definition) is 4. The maximum Gasteiger partial charge on any atom is 0.238 e. The van der Waals surface area contributed by atoms with Gasteiger partial charge in [-0.15, -0.1) is 0 Å². The number of para-hydroxylation sites is 1. The summed E-state index contributed by atoms with van der Waals surface area (Å²) in [6.45, 7) is -0.195. The minimum Gasteiger partial charge on any atom is -0.508 e. The van der Waals surface area contributed by atoms with Crippen molar-refractivity contribution in [2.45, 2.75) is 13.0 Å². The Balaban J connectivity index is 2.47. The van der Waals surface area contributed by atoms with Gasteiger partial charge in [-0.25, -0.2) is 0 Å². The van der Waals surface area contributed by atoms with E-state index in [1.54, 1.807) is 18.2 Å². The van der Waals surface area contributed by atoms with Gasteiger partial charge < -0.3 is 25.0 Å². The quantitative estimate of drug-likeness (QED) is 0.653. The van der Waals surface area contributed by atoms with Gasteiger partial charge in [0.25, 0.3) is 0 Å². The smallest absolute Gasteiger partial charge is 0.238 e. The molecule has 2 rings (SSSR count). The Morgan fingerprint density at radius 2 is 1.75 bits per heavy atom. The van der Waals surface area contributed by atoms with Crippen molar-refractivity contribution in [3.8, 4) is 17.4 Å². The Kier molecular flexibility index (Phi) is 3.95. The molecule has 106 valence electrons. The Morgan fingerprint density at radius 3 is 2.40 bits per heavy atom. The van der Waals surface area contributed by atoms with E-state index in [-0.39, 0.29) is 30.9 Å². The molecule has 20 heavy (non-hydrogen) atoms. The predicted molar refractivity (Wildman–Crippen MR) is 72.0 cm³/mol. The summed E-state index contributed by atoms with van der Waals surface area (Å²) in [5.74, 6) is -1.29. The number of nitrogens with zero attached hydrogens (tertiary/aromatic N) is 1. The third-order valence-corrected chi connectivity index (χ3v) is 3.02. The lowest BCUT2D eigenvalue weighted by Crippen LogP contribution is -2.15. The maximum atomic E-state index is 11.9. The second-order valence-corrected chi connectivity index (χ2v) is 4.38. The molecule has 6 heteroatoms. The fourth-order valence-electron chi connectivity index (χ4n) is 1.97. The van der Waals surface area contributed by atoms with Crippen molar-refractivity contribution >= 4 is 0 Å². The van der Waals surface area contributed by atoms with Crippen LogP contribution in [0.3, 0.4) is 0 Å². The van der Waals surface area contributed by atoms with Gasteiger partial charge in [0, 0.05) is 24.7 Å². The van der Waals surface area contributed by atoms with E-state index in [4.69, 9.17) is 5.11 Å². The van der Waals surface area contributed by atoms with Crippen molar-refractivity contribution in [1.82, 2.24) is 4.57 Å². The van der Waals surface area contributed by atoms with E-state index in [2.05, 4.69) is 0 Å². The van der Waals surface area contributed by atoms with Crippen LogP contribution in [0.15, 0.2) is 35.3 Å². The third-order valence-electron chi connectivity index (χ3n) is 3.02. The second kappa shape index (κ2) is 5.66. The van der Waals surface area contributed by atoms with Crippen molar-refractivity contribution in [2.75, 3.05) is 6.61 Å². The topological polar surface area (TPSA) is 103 Å². The Labute approximate surface area is 114 Å². The number of rotatable bonds is 4. The van der Waals surface area contributed by atoms with Crippen molar-refractivity contribution in [3.05, 3.63) is 51.8 Å². The van der Waals surface area contributed by atoms with E-state index < -0.39 is 17.1 Å². The zero-order valence-corrected chi connectivity index (χ0v) is 10.7. The van der Waals surface area contributed by atoms with Crippen LogP contribution in [0.2, 0.25) is 0 Å². The van der Waals surface area contributed by atoms with Crippen LogP contribution in [0.5, 0.6) is 17.4 Å². The number of benzene rings is 1. The van der Waals surface area contributed by atoms with Gasteiger partial charge in [0.05, 0.1) is 6.61 Å². The van der Waals surface area contributed by atoms with Crippen molar-refractivity contribution in [3.63, 3.8) is 0 Å². The van der Waals surface area contributed by atoms with E-state index in [1.807, 2.05) is 0 Å². The summed E-state index contributed by atoms with van der Waals surface area (Å²) in [7, 11) is 0. The highest BCUT2D eigenvalue weighted by atomic mass is 16.3. The van der Waals surface area contributed by atoms with Crippen LogP contribution in [0.25, 0.3) is 0 Å². The van der Waals surface area contributed by atoms with Gasteiger partial charge >= 0.3 is 0 Å². The first-order chi connectivity index (χ1) is 9.54. The first-order valence-electron chi connectivity index (χ1n) is 6.06. The molecule has 0 radical (unpaired) electrons. The summed E-state index contributed by atoms with van der Waals surface area (Å²) >= 11 is 0. The van der Waals surface area contributed by atoms with E-state index in [0.717, 1.165) is 0 Å². The van der Waals surface area contributed by atoms with Gasteiger partial charge in [0.1, 0.15) is 5.75 Å². The van der Waals surface area contributed by atoms with Gasteiger partial charge in [-0.05, 0) is 11.6 Å². The molecule has 0 saturated carbocycles. The summed E-state index contributed by atoms with van der Waals surface area (Å²) in [5.41, 5.74) is 0.0560. The molecule has 4 N–H and O–H groups in total. The highest BCUT2D eigenvalue weighted by molar-refractivity contribution is 5.40. The summed E-state index contributed by atoms with van der Waals surface area (Å²) in [4.78, 5) is 11.9. The Hall–Kier alpha value is -2.47. The molecule has 0 saturated heterocycles. The molecule has 0 aliphatic rings. The van der Waals surface area contributed by atoms with Gasteiger partial charge in [-0.3, -0.25) is 4.79 Å². The van der Waals surface area contributed by atoms with E-state index >= 15 is 0 Å². The molecule has 6 nitrogen and oxygen atoms in total. The molecule has 0 unspecified atom stereocenters. The van der Waals surface area contributed by atoms with Gasteiger partial charge in [0.15, 0.2) is 0 Å². The molecule has 1 aromatic carbocycles. The van der Waals surface area contributed by atoms with Gasteiger partial charge in [-0.2, -0.15) is 0 Å². The lowest BCUT2D eigenvalue weighted by atomic mass is 10.0. The number of aromatic nitrogens is 1. The molecule has 1 heterocycles. The highest BCUT2D eigenvalue weighted by Gasteiger charge is 2.15. The van der Waals surface area contributed by atoms with Crippen LogP contribution in [-0.2, 0) is 13.0 Å². The summed E-state index contributed by atoms with van der Waals surface area (Å²) in [5, 5.41) is 37.8. The number of pyridine rings is 1. The molecule has 2 aromatic rings. The number of aromatic hydroxyl groups is 3. The van der Waals surface area contributed by atoms with Crippen molar-refractivity contribution < 1.29 is 20.4 Å². The first-order valence-corrected chi connectivity index (χ1v) is 6.06. The minimum atomic E-state index is -0.758. The number of hydrogen-bond acceptors (Lipinski definition) is 5. The van der Waals surface area contributed by atoms with E-state index in [9.17, 15) is 20.1 Å². The average Bonchev–Trinajstić information content (AvgIpc) is 2.44. The van der Waals surface area contributed by atoms with E-state index in [1.165, 1.54) is 16.8 Å². The average molecular weight is 277 g/mol. The molecule has 0 amide bonds. The number of phenols is 1. The van der Waals surface area contributed by atoms with Crippen LogP contribution in [-0.4, -0.2) is 31.6 Å².